The molecule has 1 unspecified atom stereocenters. The van der Waals surface area contributed by atoms with Gasteiger partial charge >= 0.3 is 6.36 Å². The Morgan fingerprint density at radius 2 is 1.76 bits per heavy atom. The first-order chi connectivity index (χ1) is 19.6. The zero-order chi connectivity index (χ0) is 28.8. The summed E-state index contributed by atoms with van der Waals surface area (Å²) in [5, 5.41) is 11.0. The van der Waals surface area contributed by atoms with Crippen LogP contribution in [0.25, 0.3) is 11.1 Å². The molecule has 2 heterocycles. The van der Waals surface area contributed by atoms with Crippen molar-refractivity contribution in [3.63, 3.8) is 0 Å². The number of nitrogens with zero attached hydrogens (tertiary/aromatic N) is 2. The Bertz CT molecular complexity index is 1670. The molecule has 1 amide bonds. The highest BCUT2D eigenvalue weighted by atomic mass is 19.4. The van der Waals surface area contributed by atoms with E-state index in [0.717, 1.165) is 18.4 Å². The number of benzene rings is 3. The molecular weight excluding hydrogens is 535 g/mol. The number of aliphatic hydroxyl groups excluding tert-OH is 1. The number of H-pyrrole nitrogens is 1. The van der Waals surface area contributed by atoms with Crippen LogP contribution in [0.5, 0.6) is 5.75 Å². The van der Waals surface area contributed by atoms with E-state index in [4.69, 9.17) is 4.98 Å². The number of aromatic nitrogens is 2. The number of ether oxygens (including phenoxy) is 1. The molecule has 6 rings (SSSR count). The van der Waals surface area contributed by atoms with Gasteiger partial charge < -0.3 is 19.7 Å². The predicted molar refractivity (Wildman–Crippen MR) is 144 cm³/mol. The number of aromatic amines is 1. The first-order valence-electron chi connectivity index (χ1n) is 13.2. The van der Waals surface area contributed by atoms with E-state index in [9.17, 15) is 27.9 Å². The standard InChI is InChI=1S/C31H26F3N3O4/c32-31(33,34)41-25-12-5-4-11-22(25)19-7-6-8-20(17-19)26(38)28(40)37-16-13-24-23(18-37)27(39)36-29(35-24)30(14-15-30)21-9-2-1-3-10-21/h1-12,17,26,38H,13-16,18H2,(H,35,36,39). The minimum atomic E-state index is -4.87. The molecule has 2 N–H and O–H groups in total. The molecule has 1 aliphatic carbocycles. The van der Waals surface area contributed by atoms with Crippen LogP contribution in [-0.4, -0.2) is 38.8 Å². The fourth-order valence-corrected chi connectivity index (χ4v) is 5.49. The van der Waals surface area contributed by atoms with E-state index in [-0.39, 0.29) is 35.2 Å². The number of aliphatic hydroxyl groups is 1. The quantitative estimate of drug-likeness (QED) is 0.344. The zero-order valence-corrected chi connectivity index (χ0v) is 21.8. The number of fused-ring (bicyclic) bond motifs is 1. The molecule has 2 aliphatic rings. The van der Waals surface area contributed by atoms with E-state index in [1.807, 2.05) is 30.3 Å². The van der Waals surface area contributed by atoms with E-state index in [1.54, 1.807) is 18.2 Å². The number of rotatable bonds is 6. The Balaban J connectivity index is 1.22. The molecule has 210 valence electrons. The molecule has 10 heteroatoms. The largest absolute Gasteiger partial charge is 0.573 e. The molecule has 0 saturated heterocycles. The minimum Gasteiger partial charge on any atom is -0.405 e. The second-order valence-corrected chi connectivity index (χ2v) is 10.4. The third-order valence-electron chi connectivity index (χ3n) is 7.77. The lowest BCUT2D eigenvalue weighted by Crippen LogP contribution is -2.42. The van der Waals surface area contributed by atoms with Gasteiger partial charge in [0.25, 0.3) is 11.5 Å². The Morgan fingerprint density at radius 3 is 2.49 bits per heavy atom. The van der Waals surface area contributed by atoms with Crippen molar-refractivity contribution in [2.24, 2.45) is 0 Å². The number of carbonyl (C=O) groups is 1. The molecule has 1 saturated carbocycles. The monoisotopic (exact) mass is 561 g/mol. The van der Waals surface area contributed by atoms with Gasteiger partial charge in [-0.3, -0.25) is 9.59 Å². The Labute approximate surface area is 233 Å². The van der Waals surface area contributed by atoms with E-state index in [1.165, 1.54) is 35.2 Å². The second kappa shape index (κ2) is 10.2. The van der Waals surface area contributed by atoms with Crippen molar-refractivity contribution in [1.29, 1.82) is 0 Å². The van der Waals surface area contributed by atoms with Crippen molar-refractivity contribution in [2.45, 2.75) is 43.7 Å². The van der Waals surface area contributed by atoms with Crippen molar-refractivity contribution in [2.75, 3.05) is 6.54 Å². The molecule has 1 fully saturated rings. The van der Waals surface area contributed by atoms with Gasteiger partial charge in [-0.1, -0.05) is 66.7 Å². The maximum Gasteiger partial charge on any atom is 0.573 e. The highest BCUT2D eigenvalue weighted by Gasteiger charge is 2.48. The number of hydrogen-bond acceptors (Lipinski definition) is 5. The molecule has 0 bridgehead atoms. The minimum absolute atomic E-state index is 0.00583. The van der Waals surface area contributed by atoms with Crippen molar-refractivity contribution in [1.82, 2.24) is 14.9 Å². The Hall–Kier alpha value is -4.44. The maximum atomic E-state index is 13.3. The van der Waals surface area contributed by atoms with E-state index in [0.29, 0.717) is 29.1 Å². The summed E-state index contributed by atoms with van der Waals surface area (Å²) in [6, 6.07) is 21.7. The smallest absolute Gasteiger partial charge is 0.405 e. The normalized spacial score (nSPS) is 16.5. The van der Waals surface area contributed by atoms with Crippen LogP contribution in [0.1, 0.15) is 47.2 Å². The van der Waals surface area contributed by atoms with Crippen LogP contribution in [0, 0.1) is 0 Å². The third kappa shape index (κ3) is 5.22. The van der Waals surface area contributed by atoms with E-state index < -0.39 is 24.1 Å². The number of carbonyl (C=O) groups excluding carboxylic acids is 1. The first-order valence-corrected chi connectivity index (χ1v) is 13.2. The maximum absolute atomic E-state index is 13.3. The summed E-state index contributed by atoms with van der Waals surface area (Å²) >= 11 is 0. The number of halogens is 3. The van der Waals surface area contributed by atoms with Gasteiger partial charge in [0.1, 0.15) is 11.6 Å². The summed E-state index contributed by atoms with van der Waals surface area (Å²) in [6.07, 6.45) is -4.31. The number of nitrogens with one attached hydrogen (secondary N) is 1. The van der Waals surface area contributed by atoms with Crippen molar-refractivity contribution < 1.29 is 27.8 Å². The molecule has 0 spiro atoms. The van der Waals surface area contributed by atoms with Crippen LogP contribution < -0.4 is 10.3 Å². The summed E-state index contributed by atoms with van der Waals surface area (Å²) in [5.41, 5.74) is 2.25. The number of hydrogen-bond donors (Lipinski definition) is 2. The zero-order valence-electron chi connectivity index (χ0n) is 21.8. The van der Waals surface area contributed by atoms with Gasteiger partial charge in [-0.15, -0.1) is 13.2 Å². The molecule has 4 aromatic rings. The van der Waals surface area contributed by atoms with Gasteiger partial charge in [-0.2, -0.15) is 0 Å². The van der Waals surface area contributed by atoms with E-state index in [2.05, 4.69) is 9.72 Å². The average Bonchev–Trinajstić information content (AvgIpc) is 3.79. The van der Waals surface area contributed by atoms with Crippen molar-refractivity contribution >= 4 is 5.91 Å². The van der Waals surface area contributed by atoms with Crippen LogP contribution in [0.15, 0.2) is 83.7 Å². The lowest BCUT2D eigenvalue weighted by Gasteiger charge is -2.30. The summed E-state index contributed by atoms with van der Waals surface area (Å²) in [7, 11) is 0. The molecular formula is C31H26F3N3O4. The highest BCUT2D eigenvalue weighted by Crippen LogP contribution is 2.52. The lowest BCUT2D eigenvalue weighted by molar-refractivity contribution is -0.274. The number of alkyl halides is 3. The van der Waals surface area contributed by atoms with Gasteiger partial charge in [0, 0.05) is 18.5 Å². The summed E-state index contributed by atoms with van der Waals surface area (Å²) in [4.78, 5) is 35.6. The van der Waals surface area contributed by atoms with Gasteiger partial charge in [0.2, 0.25) is 0 Å². The molecule has 3 aromatic carbocycles. The summed E-state index contributed by atoms with van der Waals surface area (Å²) in [5.74, 6) is -0.366. The molecule has 1 aromatic heterocycles. The molecule has 0 radical (unpaired) electrons. The Kier molecular flexibility index (Phi) is 6.65. The predicted octanol–water partition coefficient (Wildman–Crippen LogP) is 5.03. The van der Waals surface area contributed by atoms with Crippen LogP contribution in [-0.2, 0) is 23.2 Å². The van der Waals surface area contributed by atoms with E-state index >= 15 is 0 Å². The molecule has 1 aliphatic heterocycles. The SMILES string of the molecule is O=C(C(O)c1cccc(-c2ccccc2OC(F)(F)F)c1)N1CCc2nc(C3(c4ccccc4)CC3)[nH]c(=O)c2C1. The number of amides is 1. The average molecular weight is 562 g/mol. The van der Waals surface area contributed by atoms with Crippen molar-refractivity contribution in [3.8, 4) is 16.9 Å². The van der Waals surface area contributed by atoms with Crippen LogP contribution in [0.4, 0.5) is 13.2 Å². The second-order valence-electron chi connectivity index (χ2n) is 10.4. The van der Waals surface area contributed by atoms with Crippen LogP contribution in [0.2, 0.25) is 0 Å². The van der Waals surface area contributed by atoms with Crippen LogP contribution >= 0.6 is 0 Å². The third-order valence-corrected chi connectivity index (χ3v) is 7.77. The fourth-order valence-electron chi connectivity index (χ4n) is 5.49. The fraction of sp³-hybridized carbons (Fsp3) is 0.258. The van der Waals surface area contributed by atoms with Crippen molar-refractivity contribution in [3.05, 3.63) is 117 Å². The highest BCUT2D eigenvalue weighted by molar-refractivity contribution is 5.83. The van der Waals surface area contributed by atoms with Gasteiger partial charge in [-0.05, 0) is 41.7 Å². The lowest BCUT2D eigenvalue weighted by atomic mass is 9.94. The van der Waals surface area contributed by atoms with Crippen LogP contribution in [0.3, 0.4) is 0 Å². The van der Waals surface area contributed by atoms with Gasteiger partial charge in [0.05, 0.1) is 23.2 Å². The topological polar surface area (TPSA) is 95.5 Å². The molecule has 1 atom stereocenters. The molecule has 41 heavy (non-hydrogen) atoms. The van der Waals surface area contributed by atoms with Gasteiger partial charge in [0.15, 0.2) is 6.10 Å². The summed E-state index contributed by atoms with van der Waals surface area (Å²) in [6.45, 7) is 0.257. The summed E-state index contributed by atoms with van der Waals surface area (Å²) < 4.78 is 42.9. The number of para-hydroxylation sites is 1. The van der Waals surface area contributed by atoms with Gasteiger partial charge in [-0.25, -0.2) is 4.98 Å². The first kappa shape index (κ1) is 26.8. The molecule has 7 nitrogen and oxygen atoms in total. The Morgan fingerprint density at radius 1 is 1.02 bits per heavy atom.